The summed E-state index contributed by atoms with van der Waals surface area (Å²) in [7, 11) is 1.49. The molecular weight excluding hydrogens is 386 g/mol. The Morgan fingerprint density at radius 2 is 1.97 bits per heavy atom. The lowest BCUT2D eigenvalue weighted by atomic mass is 10.1. The van der Waals surface area contributed by atoms with E-state index < -0.39 is 10.8 Å². The summed E-state index contributed by atoms with van der Waals surface area (Å²) in [4.78, 5) is 22.5. The summed E-state index contributed by atoms with van der Waals surface area (Å²) in [5.41, 5.74) is 1.39. The molecule has 156 valence electrons. The molecule has 0 saturated heterocycles. The van der Waals surface area contributed by atoms with Gasteiger partial charge in [-0.3, -0.25) is 14.9 Å². The minimum Gasteiger partial charge on any atom is -0.493 e. The molecule has 0 bridgehead atoms. The van der Waals surface area contributed by atoms with Gasteiger partial charge in [-0.15, -0.1) is 0 Å². The first kappa shape index (κ1) is 22.4. The topological polar surface area (TPSA) is 114 Å². The second-order valence-electron chi connectivity index (χ2n) is 6.58. The molecule has 8 nitrogen and oxygen atoms in total. The summed E-state index contributed by atoms with van der Waals surface area (Å²) in [5.74, 6) is 0.477. The second-order valence-corrected chi connectivity index (χ2v) is 6.58. The Labute approximate surface area is 174 Å². The SMILES string of the molecule is CC[C@@H](C)NC(=O)/C(C#N)=C/c1ccc(OCc2ccc([N+](=O)[O-])cc2)c(OC)c1. The van der Waals surface area contributed by atoms with Crippen LogP contribution >= 0.6 is 0 Å². The number of amides is 1. The molecule has 1 atom stereocenters. The molecule has 0 fully saturated rings. The van der Waals surface area contributed by atoms with Crippen LogP contribution in [0.25, 0.3) is 6.08 Å². The van der Waals surface area contributed by atoms with Crippen LogP contribution in [0.2, 0.25) is 0 Å². The molecule has 0 aliphatic carbocycles. The van der Waals surface area contributed by atoms with Gasteiger partial charge in [0, 0.05) is 18.2 Å². The number of rotatable bonds is 9. The van der Waals surface area contributed by atoms with E-state index in [9.17, 15) is 20.2 Å². The van der Waals surface area contributed by atoms with E-state index in [1.807, 2.05) is 19.9 Å². The monoisotopic (exact) mass is 409 g/mol. The predicted molar refractivity (Wildman–Crippen MR) is 112 cm³/mol. The smallest absolute Gasteiger partial charge is 0.269 e. The van der Waals surface area contributed by atoms with E-state index in [1.165, 1.54) is 25.3 Å². The third kappa shape index (κ3) is 6.07. The fourth-order valence-corrected chi connectivity index (χ4v) is 2.49. The quantitative estimate of drug-likeness (QED) is 0.290. The first-order valence-electron chi connectivity index (χ1n) is 9.34. The van der Waals surface area contributed by atoms with Crippen molar-refractivity contribution >= 4 is 17.7 Å². The number of nitrogens with one attached hydrogen (secondary N) is 1. The first-order chi connectivity index (χ1) is 14.4. The van der Waals surface area contributed by atoms with Crippen LogP contribution in [0.1, 0.15) is 31.4 Å². The summed E-state index contributed by atoms with van der Waals surface area (Å²) in [6.45, 7) is 4.01. The molecule has 0 aliphatic heterocycles. The molecule has 8 heteroatoms. The molecule has 0 saturated carbocycles. The van der Waals surface area contributed by atoms with Gasteiger partial charge in [0.1, 0.15) is 18.2 Å². The number of nitrogens with zero attached hydrogens (tertiary/aromatic N) is 2. The zero-order valence-electron chi connectivity index (χ0n) is 17.0. The van der Waals surface area contributed by atoms with E-state index in [0.717, 1.165) is 12.0 Å². The van der Waals surface area contributed by atoms with Crippen LogP contribution in [-0.2, 0) is 11.4 Å². The Kier molecular flexibility index (Phi) is 7.94. The Morgan fingerprint density at radius 1 is 1.27 bits per heavy atom. The van der Waals surface area contributed by atoms with Gasteiger partial charge in [-0.1, -0.05) is 13.0 Å². The maximum atomic E-state index is 12.2. The van der Waals surface area contributed by atoms with Gasteiger partial charge in [-0.05, 0) is 54.8 Å². The standard InChI is InChI=1S/C22H23N3O5/c1-4-15(2)24-22(26)18(13-23)11-17-7-10-20(21(12-17)29-3)30-14-16-5-8-19(9-6-16)25(27)28/h5-12,15H,4,14H2,1-3H3,(H,24,26)/b18-11+/t15-/m1/s1. The van der Waals surface area contributed by atoms with Crippen molar-refractivity contribution in [2.24, 2.45) is 0 Å². The fraction of sp³-hybridized carbons (Fsp3) is 0.273. The minimum absolute atomic E-state index is 0.00287. The third-order valence-corrected chi connectivity index (χ3v) is 4.40. The predicted octanol–water partition coefficient (Wildman–Crippen LogP) is 4.00. The zero-order chi connectivity index (χ0) is 22.1. The van der Waals surface area contributed by atoms with Crippen molar-refractivity contribution in [2.45, 2.75) is 32.9 Å². The highest BCUT2D eigenvalue weighted by molar-refractivity contribution is 6.01. The average Bonchev–Trinajstić information content (AvgIpc) is 2.76. The largest absolute Gasteiger partial charge is 0.493 e. The minimum atomic E-state index is -0.460. The lowest BCUT2D eigenvalue weighted by Gasteiger charge is -2.12. The maximum Gasteiger partial charge on any atom is 0.269 e. The fourth-order valence-electron chi connectivity index (χ4n) is 2.49. The lowest BCUT2D eigenvalue weighted by molar-refractivity contribution is -0.384. The van der Waals surface area contributed by atoms with Gasteiger partial charge >= 0.3 is 0 Å². The second kappa shape index (κ2) is 10.6. The van der Waals surface area contributed by atoms with Crippen molar-refractivity contribution in [2.75, 3.05) is 7.11 Å². The molecule has 0 radical (unpaired) electrons. The van der Waals surface area contributed by atoms with Crippen LogP contribution in [0.15, 0.2) is 48.0 Å². The van der Waals surface area contributed by atoms with Crippen LogP contribution in [-0.4, -0.2) is 24.0 Å². The number of carbonyl (C=O) groups is 1. The molecule has 30 heavy (non-hydrogen) atoms. The van der Waals surface area contributed by atoms with Crippen molar-refractivity contribution in [3.63, 3.8) is 0 Å². The summed E-state index contributed by atoms with van der Waals surface area (Å²) in [5, 5.41) is 22.8. The normalized spacial score (nSPS) is 11.9. The molecule has 2 rings (SSSR count). The van der Waals surface area contributed by atoms with Crippen molar-refractivity contribution in [3.8, 4) is 17.6 Å². The molecule has 1 amide bonds. The molecule has 0 aromatic heterocycles. The van der Waals surface area contributed by atoms with Crippen LogP contribution < -0.4 is 14.8 Å². The average molecular weight is 409 g/mol. The van der Waals surface area contributed by atoms with Crippen LogP contribution in [0.3, 0.4) is 0 Å². The molecular formula is C22H23N3O5. The number of methoxy groups -OCH3 is 1. The van der Waals surface area contributed by atoms with E-state index in [1.54, 1.807) is 30.3 Å². The molecule has 0 heterocycles. The van der Waals surface area contributed by atoms with Gasteiger partial charge < -0.3 is 14.8 Å². The molecule has 1 N–H and O–H groups in total. The number of nitro groups is 1. The highest BCUT2D eigenvalue weighted by Gasteiger charge is 2.13. The number of ether oxygens (including phenoxy) is 2. The van der Waals surface area contributed by atoms with Crippen LogP contribution in [0.4, 0.5) is 5.69 Å². The van der Waals surface area contributed by atoms with E-state index in [-0.39, 0.29) is 23.9 Å². The molecule has 0 spiro atoms. The van der Waals surface area contributed by atoms with Gasteiger partial charge in [0.15, 0.2) is 11.5 Å². The van der Waals surface area contributed by atoms with Crippen molar-refractivity contribution in [1.82, 2.24) is 5.32 Å². The number of hydrogen-bond acceptors (Lipinski definition) is 6. The first-order valence-corrected chi connectivity index (χ1v) is 9.34. The van der Waals surface area contributed by atoms with E-state index in [2.05, 4.69) is 5.32 Å². The van der Waals surface area contributed by atoms with E-state index in [0.29, 0.717) is 17.1 Å². The van der Waals surface area contributed by atoms with Crippen molar-refractivity contribution < 1.29 is 19.2 Å². The van der Waals surface area contributed by atoms with Gasteiger partial charge in [0.2, 0.25) is 0 Å². The van der Waals surface area contributed by atoms with Crippen LogP contribution in [0.5, 0.6) is 11.5 Å². The van der Waals surface area contributed by atoms with Crippen molar-refractivity contribution in [3.05, 3.63) is 69.3 Å². The highest BCUT2D eigenvalue weighted by Crippen LogP contribution is 2.30. The Bertz CT molecular complexity index is 977. The van der Waals surface area contributed by atoms with Gasteiger partial charge in [0.25, 0.3) is 11.6 Å². The Hall–Kier alpha value is -3.86. The van der Waals surface area contributed by atoms with Gasteiger partial charge in [-0.2, -0.15) is 5.26 Å². The molecule has 2 aromatic rings. The highest BCUT2D eigenvalue weighted by atomic mass is 16.6. The summed E-state index contributed by atoms with van der Waals surface area (Å²) in [6.07, 6.45) is 2.25. The number of non-ortho nitro benzene ring substituents is 1. The van der Waals surface area contributed by atoms with E-state index in [4.69, 9.17) is 9.47 Å². The van der Waals surface area contributed by atoms with Gasteiger partial charge in [-0.25, -0.2) is 0 Å². The summed E-state index contributed by atoms with van der Waals surface area (Å²) >= 11 is 0. The van der Waals surface area contributed by atoms with E-state index >= 15 is 0 Å². The zero-order valence-corrected chi connectivity index (χ0v) is 17.0. The number of benzene rings is 2. The maximum absolute atomic E-state index is 12.2. The lowest BCUT2D eigenvalue weighted by Crippen LogP contribution is -2.32. The number of hydrogen-bond donors (Lipinski definition) is 1. The molecule has 0 aliphatic rings. The Balaban J connectivity index is 2.14. The van der Waals surface area contributed by atoms with Crippen LogP contribution in [0, 0.1) is 21.4 Å². The summed E-state index contributed by atoms with van der Waals surface area (Å²) in [6, 6.07) is 13.0. The molecule has 0 unspecified atom stereocenters. The summed E-state index contributed by atoms with van der Waals surface area (Å²) < 4.78 is 11.1. The molecule has 2 aromatic carbocycles. The van der Waals surface area contributed by atoms with Crippen molar-refractivity contribution in [1.29, 1.82) is 5.26 Å². The Morgan fingerprint density at radius 3 is 2.53 bits per heavy atom. The van der Waals surface area contributed by atoms with Gasteiger partial charge in [0.05, 0.1) is 12.0 Å². The number of nitriles is 1. The third-order valence-electron chi connectivity index (χ3n) is 4.40. The number of carbonyl (C=O) groups excluding carboxylic acids is 1. The number of nitro benzene ring substituents is 1.